The van der Waals surface area contributed by atoms with E-state index in [4.69, 9.17) is 4.43 Å². The van der Waals surface area contributed by atoms with Gasteiger partial charge in [-0.05, 0) is 48.5 Å². The maximum absolute atomic E-state index is 6.95. The molecule has 0 heterocycles. The van der Waals surface area contributed by atoms with Gasteiger partial charge in [-0.25, -0.2) is 0 Å². The molecule has 140 valence electrons. The number of hydrogen-bond acceptors (Lipinski definition) is 1. The Hall–Kier alpha value is -0.863. The molecule has 0 amide bonds. The monoisotopic (exact) mass is 358 g/mol. The predicted molar refractivity (Wildman–Crippen MR) is 112 cm³/mol. The highest BCUT2D eigenvalue weighted by molar-refractivity contribution is 6.74. The summed E-state index contributed by atoms with van der Waals surface area (Å²) in [6, 6.07) is 10.9. The summed E-state index contributed by atoms with van der Waals surface area (Å²) in [5, 5.41) is 0.226. The van der Waals surface area contributed by atoms with Crippen LogP contribution >= 0.6 is 0 Å². The average Bonchev–Trinajstić information content (AvgIpc) is 2.58. The second-order valence-electron chi connectivity index (χ2n) is 9.24. The molecule has 0 saturated heterocycles. The Balaban J connectivity index is 2.26. The first kappa shape index (κ1) is 20.4. The maximum Gasteiger partial charge on any atom is 0.193 e. The molecule has 0 N–H and O–H groups in total. The van der Waals surface area contributed by atoms with Crippen molar-refractivity contribution in [3.63, 3.8) is 0 Å². The van der Waals surface area contributed by atoms with Gasteiger partial charge in [-0.15, -0.1) is 0 Å². The van der Waals surface area contributed by atoms with E-state index in [1.54, 1.807) is 0 Å². The highest BCUT2D eigenvalue weighted by Crippen LogP contribution is 2.43. The summed E-state index contributed by atoms with van der Waals surface area (Å²) in [5.74, 6) is 0.842. The molecular weight excluding hydrogens is 320 g/mol. The molecule has 0 aliphatic heterocycles. The number of rotatable bonds is 6. The Morgan fingerprint density at radius 3 is 2.24 bits per heavy atom. The summed E-state index contributed by atoms with van der Waals surface area (Å²) in [5.41, 5.74) is 2.80. The van der Waals surface area contributed by atoms with Gasteiger partial charge in [-0.3, -0.25) is 0 Å². The molecule has 1 aromatic rings. The van der Waals surface area contributed by atoms with Crippen molar-refractivity contribution in [2.45, 2.75) is 90.5 Å². The van der Waals surface area contributed by atoms with E-state index in [0.29, 0.717) is 0 Å². The maximum atomic E-state index is 6.95. The van der Waals surface area contributed by atoms with Gasteiger partial charge in [0.25, 0.3) is 0 Å². The van der Waals surface area contributed by atoms with E-state index in [1.807, 2.05) is 0 Å². The Labute approximate surface area is 157 Å². The molecule has 0 radical (unpaired) electrons. The van der Waals surface area contributed by atoms with Crippen LogP contribution in [0.1, 0.15) is 77.9 Å². The van der Waals surface area contributed by atoms with Crippen LogP contribution in [0.5, 0.6) is 0 Å². The van der Waals surface area contributed by atoms with Crippen LogP contribution in [0.4, 0.5) is 0 Å². The van der Waals surface area contributed by atoms with Gasteiger partial charge in [0.05, 0.1) is 6.10 Å². The highest BCUT2D eigenvalue weighted by atomic mass is 28.4. The topological polar surface area (TPSA) is 9.23 Å². The van der Waals surface area contributed by atoms with Crippen molar-refractivity contribution in [2.75, 3.05) is 0 Å². The van der Waals surface area contributed by atoms with Crippen molar-refractivity contribution in [2.24, 2.45) is 5.92 Å². The second-order valence-corrected chi connectivity index (χ2v) is 14.0. The van der Waals surface area contributed by atoms with E-state index in [9.17, 15) is 0 Å². The molecule has 1 fully saturated rings. The molecule has 1 saturated carbocycles. The summed E-state index contributed by atoms with van der Waals surface area (Å²) < 4.78 is 6.95. The third-order valence-corrected chi connectivity index (χ3v) is 10.7. The first-order chi connectivity index (χ1) is 11.7. The molecule has 1 aliphatic rings. The summed E-state index contributed by atoms with van der Waals surface area (Å²) in [4.78, 5) is 0. The lowest BCUT2D eigenvalue weighted by atomic mass is 9.82. The fourth-order valence-electron chi connectivity index (χ4n) is 3.56. The molecule has 1 atom stereocenters. The zero-order valence-corrected chi connectivity index (χ0v) is 18.3. The fourth-order valence-corrected chi connectivity index (χ4v) is 4.79. The van der Waals surface area contributed by atoms with Crippen LogP contribution < -0.4 is 0 Å². The van der Waals surface area contributed by atoms with Gasteiger partial charge < -0.3 is 4.43 Å². The molecule has 0 spiro atoms. The summed E-state index contributed by atoms with van der Waals surface area (Å²) in [6.45, 7) is 13.9. The molecule has 1 nitrogen and oxygen atoms in total. The van der Waals surface area contributed by atoms with Crippen molar-refractivity contribution in [3.05, 3.63) is 47.5 Å². The normalized spacial score (nSPS) is 19.0. The van der Waals surface area contributed by atoms with Crippen LogP contribution in [-0.4, -0.2) is 8.32 Å². The Morgan fingerprint density at radius 1 is 1.12 bits per heavy atom. The smallest absolute Gasteiger partial charge is 0.193 e. The molecule has 0 bridgehead atoms. The predicted octanol–water partition coefficient (Wildman–Crippen LogP) is 7.67. The minimum Gasteiger partial charge on any atom is -0.406 e. The molecule has 25 heavy (non-hydrogen) atoms. The Bertz CT molecular complexity index is 547. The third kappa shape index (κ3) is 5.56. The van der Waals surface area contributed by atoms with Gasteiger partial charge in [-0.2, -0.15) is 0 Å². The zero-order valence-electron chi connectivity index (χ0n) is 17.3. The van der Waals surface area contributed by atoms with Crippen molar-refractivity contribution in [1.82, 2.24) is 0 Å². The SMILES string of the molecule is C/C=C(/CC1CCCCC1)[C@@H](O[Si](C)(C)C(C)(C)C)c1ccccc1. The second kappa shape index (κ2) is 8.68. The highest BCUT2D eigenvalue weighted by Gasteiger charge is 2.40. The van der Waals surface area contributed by atoms with E-state index in [-0.39, 0.29) is 11.1 Å². The first-order valence-electron chi connectivity index (χ1n) is 10.1. The lowest BCUT2D eigenvalue weighted by Gasteiger charge is -2.40. The van der Waals surface area contributed by atoms with Gasteiger partial charge in [0.2, 0.25) is 0 Å². The molecule has 0 unspecified atom stereocenters. The zero-order chi connectivity index (χ0) is 18.5. The quantitative estimate of drug-likeness (QED) is 0.374. The Morgan fingerprint density at radius 2 is 1.72 bits per heavy atom. The molecule has 0 aromatic heterocycles. The summed E-state index contributed by atoms with van der Waals surface area (Å²) in [6.07, 6.45) is 10.7. The third-order valence-electron chi connectivity index (χ3n) is 6.28. The van der Waals surface area contributed by atoms with E-state index >= 15 is 0 Å². The van der Waals surface area contributed by atoms with Crippen LogP contribution in [0.15, 0.2) is 42.0 Å². The molecule has 2 rings (SSSR count). The van der Waals surface area contributed by atoms with Crippen LogP contribution in [-0.2, 0) is 4.43 Å². The van der Waals surface area contributed by atoms with E-state index in [0.717, 1.165) is 5.92 Å². The first-order valence-corrected chi connectivity index (χ1v) is 13.0. The number of allylic oxidation sites excluding steroid dienone is 1. The van der Waals surface area contributed by atoms with Crippen LogP contribution in [0, 0.1) is 5.92 Å². The van der Waals surface area contributed by atoms with E-state index in [2.05, 4.69) is 77.2 Å². The summed E-state index contributed by atoms with van der Waals surface area (Å²) >= 11 is 0. The van der Waals surface area contributed by atoms with E-state index < -0.39 is 8.32 Å². The van der Waals surface area contributed by atoms with Crippen molar-refractivity contribution < 1.29 is 4.43 Å². The number of benzene rings is 1. The fraction of sp³-hybridized carbons (Fsp3) is 0.652. The lowest BCUT2D eigenvalue weighted by molar-refractivity contribution is 0.205. The largest absolute Gasteiger partial charge is 0.406 e. The Kier molecular flexibility index (Phi) is 7.10. The molecule has 1 aromatic carbocycles. The van der Waals surface area contributed by atoms with Crippen LogP contribution in [0.3, 0.4) is 0 Å². The number of hydrogen-bond donors (Lipinski definition) is 0. The van der Waals surface area contributed by atoms with Gasteiger partial charge in [0.15, 0.2) is 8.32 Å². The minimum atomic E-state index is -1.84. The standard InChI is InChI=1S/C23H38OSi/c1-7-20(18-19-14-10-8-11-15-19)22(21-16-12-9-13-17-21)24-25(5,6)23(2,3)4/h7,9,12-13,16-17,19,22H,8,10-11,14-15,18H2,1-6H3/b20-7-/t22-/m1/s1. The van der Waals surface area contributed by atoms with Crippen molar-refractivity contribution >= 4 is 8.32 Å². The molecule has 2 heteroatoms. The van der Waals surface area contributed by atoms with Gasteiger partial charge in [0.1, 0.15) is 0 Å². The summed E-state index contributed by atoms with van der Waals surface area (Å²) in [7, 11) is -1.84. The lowest BCUT2D eigenvalue weighted by Crippen LogP contribution is -2.42. The van der Waals surface area contributed by atoms with Crippen molar-refractivity contribution in [3.8, 4) is 0 Å². The minimum absolute atomic E-state index is 0.119. The van der Waals surface area contributed by atoms with Crippen molar-refractivity contribution in [1.29, 1.82) is 0 Å². The average molecular weight is 359 g/mol. The van der Waals surface area contributed by atoms with Gasteiger partial charge in [0, 0.05) is 0 Å². The van der Waals surface area contributed by atoms with Gasteiger partial charge in [-0.1, -0.05) is 89.3 Å². The van der Waals surface area contributed by atoms with Crippen LogP contribution in [0.25, 0.3) is 0 Å². The van der Waals surface area contributed by atoms with E-state index in [1.165, 1.54) is 49.7 Å². The van der Waals surface area contributed by atoms with Crippen LogP contribution in [0.2, 0.25) is 18.1 Å². The molecule has 1 aliphatic carbocycles. The van der Waals surface area contributed by atoms with Gasteiger partial charge >= 0.3 is 0 Å². The molecular formula is C23H38OSi.